The molecule has 0 unspecified atom stereocenters. The average Bonchev–Trinajstić information content (AvgIpc) is 3.53. The van der Waals surface area contributed by atoms with E-state index in [1.807, 2.05) is 6.92 Å². The summed E-state index contributed by atoms with van der Waals surface area (Å²) < 4.78 is 13.5. The van der Waals surface area contributed by atoms with Gasteiger partial charge in [0.05, 0.1) is 30.9 Å². The van der Waals surface area contributed by atoms with Gasteiger partial charge in [-0.25, -0.2) is 4.98 Å². The molecule has 2 heterocycles. The molecule has 0 N–H and O–H groups in total. The summed E-state index contributed by atoms with van der Waals surface area (Å²) >= 11 is 0. The van der Waals surface area contributed by atoms with Crippen molar-refractivity contribution in [2.24, 2.45) is 5.92 Å². The number of benzene rings is 2. The fraction of sp³-hybridized carbons (Fsp3) is 0.480. The number of imidazole rings is 1. The fourth-order valence-electron chi connectivity index (χ4n) is 4.29. The third kappa shape index (κ3) is 4.52. The van der Waals surface area contributed by atoms with Crippen LogP contribution in [-0.4, -0.2) is 47.4 Å². The van der Waals surface area contributed by atoms with E-state index in [-0.39, 0.29) is 0 Å². The molecule has 1 aliphatic heterocycles. The van der Waals surface area contributed by atoms with Crippen LogP contribution in [0.2, 0.25) is 0 Å². The molecular weight excluding hydrogens is 374 g/mol. The number of nitrogens with zero attached hydrogens (tertiary/aromatic N) is 3. The van der Waals surface area contributed by atoms with Crippen molar-refractivity contribution in [3.8, 4) is 5.75 Å². The predicted octanol–water partition coefficient (Wildman–Crippen LogP) is 4.27. The second kappa shape index (κ2) is 8.78. The molecule has 0 amide bonds. The Balaban J connectivity index is 1.40. The van der Waals surface area contributed by atoms with Crippen LogP contribution in [0.3, 0.4) is 0 Å². The van der Waals surface area contributed by atoms with Crippen LogP contribution >= 0.6 is 0 Å². The molecule has 2 fully saturated rings. The molecule has 1 aliphatic carbocycles. The van der Waals surface area contributed by atoms with Gasteiger partial charge in [0, 0.05) is 32.6 Å². The Morgan fingerprint density at radius 3 is 2.53 bits per heavy atom. The lowest BCUT2D eigenvalue weighted by Crippen LogP contribution is -2.35. The molecule has 0 bridgehead atoms. The second-order valence-electron chi connectivity index (χ2n) is 8.55. The highest BCUT2D eigenvalue weighted by atomic mass is 16.5. The summed E-state index contributed by atoms with van der Waals surface area (Å²) in [5.41, 5.74) is 5.02. The van der Waals surface area contributed by atoms with Crippen molar-refractivity contribution in [2.75, 3.05) is 32.9 Å². The molecule has 0 spiro atoms. The molecule has 0 radical (unpaired) electrons. The quantitative estimate of drug-likeness (QED) is 0.561. The molecule has 2 aromatic carbocycles. The van der Waals surface area contributed by atoms with Crippen LogP contribution in [0.25, 0.3) is 11.0 Å². The number of rotatable bonds is 8. The first-order chi connectivity index (χ1) is 14.8. The molecule has 1 aromatic heterocycles. The summed E-state index contributed by atoms with van der Waals surface area (Å²) in [5.74, 6) is 2.92. The van der Waals surface area contributed by atoms with Crippen molar-refractivity contribution in [1.29, 1.82) is 0 Å². The number of hydrogen-bond acceptors (Lipinski definition) is 4. The third-order valence-corrected chi connectivity index (χ3v) is 6.14. The first kappa shape index (κ1) is 19.6. The number of aromatic nitrogens is 2. The molecule has 5 rings (SSSR count). The van der Waals surface area contributed by atoms with E-state index in [4.69, 9.17) is 14.5 Å². The Kier molecular flexibility index (Phi) is 5.73. The Morgan fingerprint density at radius 2 is 1.80 bits per heavy atom. The minimum atomic E-state index is 0.698. The molecule has 0 atom stereocenters. The van der Waals surface area contributed by atoms with Crippen molar-refractivity contribution in [1.82, 2.24) is 14.5 Å². The van der Waals surface area contributed by atoms with E-state index < -0.39 is 0 Å². The summed E-state index contributed by atoms with van der Waals surface area (Å²) in [6.45, 7) is 8.47. The first-order valence-corrected chi connectivity index (χ1v) is 11.3. The molecule has 5 heteroatoms. The van der Waals surface area contributed by atoms with Gasteiger partial charge >= 0.3 is 0 Å². The van der Waals surface area contributed by atoms with E-state index in [1.54, 1.807) is 0 Å². The van der Waals surface area contributed by atoms with Crippen molar-refractivity contribution in [2.45, 2.75) is 39.3 Å². The van der Waals surface area contributed by atoms with Gasteiger partial charge in [-0.3, -0.25) is 4.90 Å². The lowest BCUT2D eigenvalue weighted by atomic mass is 10.1. The first-order valence-electron chi connectivity index (χ1n) is 11.3. The van der Waals surface area contributed by atoms with Gasteiger partial charge < -0.3 is 14.0 Å². The summed E-state index contributed by atoms with van der Waals surface area (Å²) in [6, 6.07) is 15.3. The van der Waals surface area contributed by atoms with E-state index >= 15 is 0 Å². The van der Waals surface area contributed by atoms with Crippen molar-refractivity contribution in [3.63, 3.8) is 0 Å². The molecule has 3 aromatic rings. The molecule has 2 aliphatic rings. The normalized spacial score (nSPS) is 17.5. The zero-order valence-corrected chi connectivity index (χ0v) is 17.8. The topological polar surface area (TPSA) is 39.5 Å². The van der Waals surface area contributed by atoms with Crippen LogP contribution in [0.5, 0.6) is 5.75 Å². The van der Waals surface area contributed by atoms with E-state index in [0.29, 0.717) is 6.61 Å². The van der Waals surface area contributed by atoms with Gasteiger partial charge in [-0.15, -0.1) is 0 Å². The van der Waals surface area contributed by atoms with E-state index in [1.165, 1.54) is 35.3 Å². The van der Waals surface area contributed by atoms with Crippen LogP contribution in [0.15, 0.2) is 42.5 Å². The second-order valence-corrected chi connectivity index (χ2v) is 8.55. The van der Waals surface area contributed by atoms with Gasteiger partial charge in [-0.2, -0.15) is 0 Å². The number of ether oxygens (including phenoxy) is 2. The highest BCUT2D eigenvalue weighted by Gasteiger charge is 2.24. The highest BCUT2D eigenvalue weighted by Crippen LogP contribution is 2.33. The SMILES string of the molecule is CCOc1ccc(Cc2nc3cc(CN4CCOCC4)ccc3n2CC2CC2)cc1. The fourth-order valence-corrected chi connectivity index (χ4v) is 4.29. The van der Waals surface area contributed by atoms with Gasteiger partial charge in [0.15, 0.2) is 0 Å². The molecule has 158 valence electrons. The van der Waals surface area contributed by atoms with Crippen LogP contribution in [0, 0.1) is 5.92 Å². The summed E-state index contributed by atoms with van der Waals surface area (Å²) in [6.07, 6.45) is 3.54. The van der Waals surface area contributed by atoms with Crippen molar-refractivity contribution in [3.05, 3.63) is 59.4 Å². The lowest BCUT2D eigenvalue weighted by molar-refractivity contribution is 0.0342. The van der Waals surface area contributed by atoms with Gasteiger partial charge in [-0.05, 0) is 61.1 Å². The molecule has 30 heavy (non-hydrogen) atoms. The minimum Gasteiger partial charge on any atom is -0.494 e. The van der Waals surface area contributed by atoms with Crippen LogP contribution in [-0.2, 0) is 24.2 Å². The minimum absolute atomic E-state index is 0.698. The Morgan fingerprint density at radius 1 is 1.03 bits per heavy atom. The van der Waals surface area contributed by atoms with Crippen LogP contribution < -0.4 is 4.74 Å². The van der Waals surface area contributed by atoms with Gasteiger partial charge in [0.2, 0.25) is 0 Å². The van der Waals surface area contributed by atoms with E-state index in [9.17, 15) is 0 Å². The van der Waals surface area contributed by atoms with E-state index in [0.717, 1.165) is 63.0 Å². The number of fused-ring (bicyclic) bond motifs is 1. The standard InChI is InChI=1S/C25H31N3O2/c1-2-30-22-8-5-19(6-9-22)16-25-26-23-15-21(17-27-11-13-29-14-12-27)7-10-24(23)28(25)18-20-3-4-20/h5-10,15,20H,2-4,11-14,16-18H2,1H3. The third-order valence-electron chi connectivity index (χ3n) is 6.14. The maximum atomic E-state index is 5.59. The molecule has 1 saturated heterocycles. The van der Waals surface area contributed by atoms with Crippen molar-refractivity contribution < 1.29 is 9.47 Å². The van der Waals surface area contributed by atoms with Gasteiger partial charge in [-0.1, -0.05) is 18.2 Å². The average molecular weight is 406 g/mol. The zero-order valence-electron chi connectivity index (χ0n) is 17.8. The Labute approximate surface area is 178 Å². The van der Waals surface area contributed by atoms with E-state index in [2.05, 4.69) is 51.9 Å². The predicted molar refractivity (Wildman–Crippen MR) is 119 cm³/mol. The Hall–Kier alpha value is -2.37. The Bertz CT molecular complexity index is 986. The van der Waals surface area contributed by atoms with Gasteiger partial charge in [0.1, 0.15) is 11.6 Å². The smallest absolute Gasteiger partial charge is 0.119 e. The van der Waals surface area contributed by atoms with Crippen LogP contribution in [0.1, 0.15) is 36.7 Å². The maximum absolute atomic E-state index is 5.59. The summed E-state index contributed by atoms with van der Waals surface area (Å²) in [7, 11) is 0. The number of morpholine rings is 1. The lowest BCUT2D eigenvalue weighted by Gasteiger charge is -2.26. The van der Waals surface area contributed by atoms with Gasteiger partial charge in [0.25, 0.3) is 0 Å². The molecule has 1 saturated carbocycles. The van der Waals surface area contributed by atoms with Crippen molar-refractivity contribution >= 4 is 11.0 Å². The maximum Gasteiger partial charge on any atom is 0.119 e. The largest absolute Gasteiger partial charge is 0.494 e. The van der Waals surface area contributed by atoms with Crippen LogP contribution in [0.4, 0.5) is 0 Å². The monoisotopic (exact) mass is 405 g/mol. The number of hydrogen-bond donors (Lipinski definition) is 0. The summed E-state index contributed by atoms with van der Waals surface area (Å²) in [4.78, 5) is 7.55. The highest BCUT2D eigenvalue weighted by molar-refractivity contribution is 5.77. The molecule has 5 nitrogen and oxygen atoms in total. The molecular formula is C25H31N3O2. The zero-order chi connectivity index (χ0) is 20.3. The summed E-state index contributed by atoms with van der Waals surface area (Å²) in [5, 5.41) is 0.